The lowest BCUT2D eigenvalue weighted by Crippen LogP contribution is -2.42. The Morgan fingerprint density at radius 1 is 1.23 bits per heavy atom. The Labute approximate surface area is 154 Å². The van der Waals surface area contributed by atoms with Crippen LogP contribution in [-0.2, 0) is 14.6 Å². The van der Waals surface area contributed by atoms with Gasteiger partial charge in [-0.05, 0) is 24.9 Å². The number of hydrogen-bond acceptors (Lipinski definition) is 5. The number of ether oxygens (including phenoxy) is 1. The Morgan fingerprint density at radius 2 is 2.00 bits per heavy atom. The van der Waals surface area contributed by atoms with Gasteiger partial charge in [0.05, 0.1) is 24.6 Å². The molecule has 6 nitrogen and oxygen atoms in total. The van der Waals surface area contributed by atoms with Gasteiger partial charge in [0.15, 0.2) is 9.84 Å². The van der Waals surface area contributed by atoms with Crippen molar-refractivity contribution in [2.75, 3.05) is 38.2 Å². The molecule has 1 aliphatic rings. The number of carbonyl (C=O) groups is 1. The summed E-state index contributed by atoms with van der Waals surface area (Å²) in [5, 5.41) is 4.98. The van der Waals surface area contributed by atoms with Gasteiger partial charge in [0.1, 0.15) is 12.4 Å². The zero-order chi connectivity index (χ0) is 18.6. The highest BCUT2D eigenvalue weighted by Gasteiger charge is 2.31. The van der Waals surface area contributed by atoms with Gasteiger partial charge in [-0.25, -0.2) is 8.42 Å². The van der Waals surface area contributed by atoms with Gasteiger partial charge in [-0.3, -0.25) is 9.69 Å². The third-order valence-electron chi connectivity index (χ3n) is 4.66. The van der Waals surface area contributed by atoms with Crippen molar-refractivity contribution in [1.82, 2.24) is 10.2 Å². The fraction of sp³-hybridized carbons (Fsp3) is 0.421. The summed E-state index contributed by atoms with van der Waals surface area (Å²) < 4.78 is 28.8. The summed E-state index contributed by atoms with van der Waals surface area (Å²) in [6, 6.07) is 13.8. The molecule has 1 N–H and O–H groups in total. The van der Waals surface area contributed by atoms with Crippen molar-refractivity contribution in [3.8, 4) is 5.75 Å². The summed E-state index contributed by atoms with van der Waals surface area (Å²) in [6.45, 7) is 0.967. The Kier molecular flexibility index (Phi) is 5.78. The second kappa shape index (κ2) is 8.05. The van der Waals surface area contributed by atoms with Gasteiger partial charge in [-0.1, -0.05) is 36.4 Å². The van der Waals surface area contributed by atoms with E-state index >= 15 is 0 Å². The van der Waals surface area contributed by atoms with Gasteiger partial charge in [-0.2, -0.15) is 0 Å². The van der Waals surface area contributed by atoms with Crippen LogP contribution < -0.4 is 10.1 Å². The van der Waals surface area contributed by atoms with E-state index < -0.39 is 9.84 Å². The fourth-order valence-corrected chi connectivity index (χ4v) is 5.01. The average Bonchev–Trinajstić information content (AvgIpc) is 2.99. The lowest BCUT2D eigenvalue weighted by molar-refractivity contribution is -0.122. The first-order chi connectivity index (χ1) is 12.4. The maximum atomic E-state index is 12.0. The van der Waals surface area contributed by atoms with Crippen LogP contribution in [0.15, 0.2) is 42.5 Å². The average molecular weight is 376 g/mol. The van der Waals surface area contributed by atoms with Crippen molar-refractivity contribution < 1.29 is 17.9 Å². The summed E-state index contributed by atoms with van der Waals surface area (Å²) in [7, 11) is -1.15. The molecule has 1 saturated heterocycles. The van der Waals surface area contributed by atoms with Crippen LogP contribution in [0.3, 0.4) is 0 Å². The molecule has 0 aromatic heterocycles. The maximum absolute atomic E-state index is 12.0. The third-order valence-corrected chi connectivity index (χ3v) is 6.41. The summed E-state index contributed by atoms with van der Waals surface area (Å²) in [5.41, 5.74) is 0. The van der Waals surface area contributed by atoms with E-state index in [1.165, 1.54) is 0 Å². The Hall–Kier alpha value is -2.12. The topological polar surface area (TPSA) is 75.7 Å². The first kappa shape index (κ1) is 18.7. The largest absolute Gasteiger partial charge is 0.491 e. The van der Waals surface area contributed by atoms with Crippen LogP contribution in [-0.4, -0.2) is 63.5 Å². The van der Waals surface area contributed by atoms with Crippen LogP contribution in [0.1, 0.15) is 6.42 Å². The molecule has 1 fully saturated rings. The molecule has 0 saturated carbocycles. The highest BCUT2D eigenvalue weighted by molar-refractivity contribution is 7.91. The zero-order valence-electron chi connectivity index (χ0n) is 14.8. The molecule has 140 valence electrons. The van der Waals surface area contributed by atoms with Crippen LogP contribution in [0.2, 0.25) is 0 Å². The Morgan fingerprint density at radius 3 is 2.77 bits per heavy atom. The van der Waals surface area contributed by atoms with E-state index in [2.05, 4.69) is 5.32 Å². The molecule has 0 aliphatic carbocycles. The molecule has 0 unspecified atom stereocenters. The maximum Gasteiger partial charge on any atom is 0.234 e. The molecule has 26 heavy (non-hydrogen) atoms. The molecular formula is C19H24N2O4S. The molecule has 1 aliphatic heterocycles. The Bertz CT molecular complexity index is 877. The summed E-state index contributed by atoms with van der Waals surface area (Å²) >= 11 is 0. The van der Waals surface area contributed by atoms with Gasteiger partial charge >= 0.3 is 0 Å². The normalized spacial score (nSPS) is 18.9. The molecule has 0 radical (unpaired) electrons. The van der Waals surface area contributed by atoms with Crippen molar-refractivity contribution in [2.24, 2.45) is 0 Å². The highest BCUT2D eigenvalue weighted by Crippen LogP contribution is 2.24. The highest BCUT2D eigenvalue weighted by atomic mass is 32.2. The predicted molar refractivity (Wildman–Crippen MR) is 102 cm³/mol. The molecule has 0 spiro atoms. The second-order valence-electron chi connectivity index (χ2n) is 6.65. The standard InChI is InChI=1S/C19H24N2O4S/c1-21(16-9-12-26(23,24)14-16)13-19(22)20-10-11-25-18-8-4-6-15-5-2-3-7-17(15)18/h2-8,16H,9-14H2,1H3,(H,20,22)/t16-/m0/s1. The van der Waals surface area contributed by atoms with Crippen LogP contribution >= 0.6 is 0 Å². The van der Waals surface area contributed by atoms with E-state index in [-0.39, 0.29) is 30.0 Å². The van der Waals surface area contributed by atoms with Crippen molar-refractivity contribution in [1.29, 1.82) is 0 Å². The van der Waals surface area contributed by atoms with Crippen LogP contribution in [0.25, 0.3) is 10.8 Å². The Balaban J connectivity index is 1.42. The summed E-state index contributed by atoms with van der Waals surface area (Å²) in [5.74, 6) is 1.02. The van der Waals surface area contributed by atoms with E-state index in [0.717, 1.165) is 16.5 Å². The molecule has 1 atom stereocenters. The van der Waals surface area contributed by atoms with Gasteiger partial charge in [0.2, 0.25) is 5.91 Å². The van der Waals surface area contributed by atoms with E-state index in [0.29, 0.717) is 19.6 Å². The number of amides is 1. The van der Waals surface area contributed by atoms with Crippen LogP contribution in [0, 0.1) is 0 Å². The van der Waals surface area contributed by atoms with Crippen molar-refractivity contribution >= 4 is 26.5 Å². The van der Waals surface area contributed by atoms with Gasteiger partial charge in [0, 0.05) is 11.4 Å². The number of fused-ring (bicyclic) bond motifs is 1. The van der Waals surface area contributed by atoms with Gasteiger partial charge in [-0.15, -0.1) is 0 Å². The molecular weight excluding hydrogens is 352 g/mol. The number of benzene rings is 2. The lowest BCUT2D eigenvalue weighted by atomic mass is 10.1. The van der Waals surface area contributed by atoms with Crippen molar-refractivity contribution in [2.45, 2.75) is 12.5 Å². The number of hydrogen-bond donors (Lipinski definition) is 1. The number of sulfone groups is 1. The molecule has 2 aromatic carbocycles. The fourth-order valence-electron chi connectivity index (χ4n) is 3.21. The van der Waals surface area contributed by atoms with Crippen molar-refractivity contribution in [3.63, 3.8) is 0 Å². The van der Waals surface area contributed by atoms with E-state index in [4.69, 9.17) is 4.74 Å². The minimum atomic E-state index is -2.94. The first-order valence-corrected chi connectivity index (χ1v) is 10.5. The zero-order valence-corrected chi connectivity index (χ0v) is 15.7. The minimum Gasteiger partial charge on any atom is -0.491 e. The smallest absolute Gasteiger partial charge is 0.234 e. The third kappa shape index (κ3) is 4.74. The molecule has 1 amide bonds. The van der Waals surface area contributed by atoms with Crippen LogP contribution in [0.4, 0.5) is 0 Å². The molecule has 1 heterocycles. The second-order valence-corrected chi connectivity index (χ2v) is 8.88. The van der Waals surface area contributed by atoms with Gasteiger partial charge in [0.25, 0.3) is 0 Å². The molecule has 2 aromatic rings. The summed E-state index contributed by atoms with van der Waals surface area (Å²) in [6.07, 6.45) is 0.594. The molecule has 0 bridgehead atoms. The van der Waals surface area contributed by atoms with Gasteiger partial charge < -0.3 is 10.1 Å². The SMILES string of the molecule is CN(CC(=O)NCCOc1cccc2ccccc12)[C@H]1CCS(=O)(=O)C1. The first-order valence-electron chi connectivity index (χ1n) is 8.72. The molecule has 3 rings (SSSR count). The summed E-state index contributed by atoms with van der Waals surface area (Å²) in [4.78, 5) is 13.8. The number of nitrogens with zero attached hydrogens (tertiary/aromatic N) is 1. The van der Waals surface area contributed by atoms with Crippen LogP contribution in [0.5, 0.6) is 5.75 Å². The number of likely N-dealkylation sites (N-methyl/N-ethyl adjacent to an activating group) is 1. The number of nitrogens with one attached hydrogen (secondary N) is 1. The van der Waals surface area contributed by atoms with E-state index in [1.807, 2.05) is 47.4 Å². The van der Waals surface area contributed by atoms with E-state index in [9.17, 15) is 13.2 Å². The van der Waals surface area contributed by atoms with Crippen molar-refractivity contribution in [3.05, 3.63) is 42.5 Å². The number of rotatable bonds is 7. The quantitative estimate of drug-likeness (QED) is 0.741. The minimum absolute atomic E-state index is 0.0716. The lowest BCUT2D eigenvalue weighted by Gasteiger charge is -2.22. The monoisotopic (exact) mass is 376 g/mol. The number of carbonyl (C=O) groups excluding carboxylic acids is 1. The van der Waals surface area contributed by atoms with E-state index in [1.54, 1.807) is 7.05 Å². The molecule has 7 heteroatoms. The predicted octanol–water partition coefficient (Wildman–Crippen LogP) is 1.45.